The smallest absolute Gasteiger partial charge is 0.193 e. The molecule has 0 spiro atoms. The normalized spacial score (nSPS) is 18.7. The van der Waals surface area contributed by atoms with Crippen LogP contribution < -0.4 is 5.32 Å². The number of likely N-dealkylation sites (N-methyl/N-ethyl adjacent to an activating group) is 1. The maximum Gasteiger partial charge on any atom is 0.193 e. The van der Waals surface area contributed by atoms with Gasteiger partial charge in [-0.3, -0.25) is 4.99 Å². The largest absolute Gasteiger partial charge is 0.355 e. The first-order valence-electron chi connectivity index (χ1n) is 8.94. The second kappa shape index (κ2) is 9.94. The molecule has 1 fully saturated rings. The molecule has 0 radical (unpaired) electrons. The highest BCUT2D eigenvalue weighted by Gasteiger charge is 2.24. The molecule has 5 heteroatoms. The maximum absolute atomic E-state index is 4.47. The monoisotopic (exact) mass is 348 g/mol. The van der Waals surface area contributed by atoms with Crippen molar-refractivity contribution in [3.63, 3.8) is 0 Å². The molecule has 0 saturated carbocycles. The summed E-state index contributed by atoms with van der Waals surface area (Å²) in [7, 11) is 4.06. The van der Waals surface area contributed by atoms with Crippen molar-refractivity contribution in [2.45, 2.75) is 31.2 Å². The van der Waals surface area contributed by atoms with E-state index in [-0.39, 0.29) is 0 Å². The van der Waals surface area contributed by atoms with Crippen LogP contribution in [-0.4, -0.2) is 67.8 Å². The molecule has 0 bridgehead atoms. The molecule has 0 aliphatic carbocycles. The van der Waals surface area contributed by atoms with Gasteiger partial charge in [-0.2, -0.15) is 0 Å². The number of likely N-dealkylation sites (tertiary alicyclic amines) is 1. The Morgan fingerprint density at radius 2 is 2.12 bits per heavy atom. The molecule has 1 aliphatic rings. The topological polar surface area (TPSA) is 30.9 Å². The van der Waals surface area contributed by atoms with E-state index in [1.54, 1.807) is 0 Å². The summed E-state index contributed by atoms with van der Waals surface area (Å²) in [5.41, 5.74) is 0. The van der Waals surface area contributed by atoms with Gasteiger partial charge >= 0.3 is 0 Å². The molecule has 24 heavy (non-hydrogen) atoms. The molecule has 4 nitrogen and oxygen atoms in total. The van der Waals surface area contributed by atoms with Crippen LogP contribution in [0.15, 0.2) is 40.2 Å². The van der Waals surface area contributed by atoms with E-state index in [1.165, 1.54) is 17.1 Å². The van der Waals surface area contributed by atoms with E-state index in [0.717, 1.165) is 38.1 Å². The highest BCUT2D eigenvalue weighted by Crippen LogP contribution is 2.25. The van der Waals surface area contributed by atoms with E-state index in [4.69, 9.17) is 0 Å². The quantitative estimate of drug-likeness (QED) is 0.466. The van der Waals surface area contributed by atoms with E-state index in [0.29, 0.717) is 6.04 Å². The first-order valence-corrected chi connectivity index (χ1v) is 9.92. The Balaban J connectivity index is 1.72. The van der Waals surface area contributed by atoms with Gasteiger partial charge < -0.3 is 15.1 Å². The summed E-state index contributed by atoms with van der Waals surface area (Å²) in [6.45, 7) is 8.66. The third-order valence-corrected chi connectivity index (χ3v) is 5.90. The molecule has 0 aromatic heterocycles. The van der Waals surface area contributed by atoms with Gasteiger partial charge in [0.1, 0.15) is 0 Å². The van der Waals surface area contributed by atoms with E-state index in [2.05, 4.69) is 71.3 Å². The van der Waals surface area contributed by atoms with Gasteiger partial charge in [-0.15, -0.1) is 11.8 Å². The molecular formula is C19H32N4S. The van der Waals surface area contributed by atoms with Crippen LogP contribution in [0.4, 0.5) is 0 Å². The minimum atomic E-state index is 0.583. The predicted molar refractivity (Wildman–Crippen MR) is 106 cm³/mol. The van der Waals surface area contributed by atoms with Crippen molar-refractivity contribution in [1.82, 2.24) is 15.1 Å². The van der Waals surface area contributed by atoms with Crippen molar-refractivity contribution >= 4 is 17.7 Å². The zero-order valence-electron chi connectivity index (χ0n) is 15.5. The molecule has 1 N–H and O–H groups in total. The van der Waals surface area contributed by atoms with Crippen LogP contribution in [0.1, 0.15) is 20.3 Å². The average molecular weight is 349 g/mol. The number of thioether (sulfide) groups is 1. The Labute approximate surface area is 151 Å². The number of nitrogens with one attached hydrogen (secondary N) is 1. The molecule has 1 aliphatic heterocycles. The Hall–Kier alpha value is -1.20. The summed E-state index contributed by atoms with van der Waals surface area (Å²) < 4.78 is 0. The lowest BCUT2D eigenvalue weighted by Crippen LogP contribution is -2.43. The van der Waals surface area contributed by atoms with Crippen molar-refractivity contribution in [3.8, 4) is 0 Å². The van der Waals surface area contributed by atoms with E-state index >= 15 is 0 Å². The number of aliphatic imine (C=N–C) groups is 1. The number of guanidine groups is 1. The summed E-state index contributed by atoms with van der Waals surface area (Å²) in [4.78, 5) is 10.6. The Bertz CT molecular complexity index is 503. The number of benzene rings is 1. The van der Waals surface area contributed by atoms with Crippen LogP contribution in [-0.2, 0) is 0 Å². The molecular weight excluding hydrogens is 316 g/mol. The van der Waals surface area contributed by atoms with E-state index in [9.17, 15) is 0 Å². The Morgan fingerprint density at radius 3 is 2.79 bits per heavy atom. The van der Waals surface area contributed by atoms with Crippen LogP contribution in [0.3, 0.4) is 0 Å². The van der Waals surface area contributed by atoms with Crippen LogP contribution >= 0.6 is 11.8 Å². The van der Waals surface area contributed by atoms with Crippen LogP contribution in [0, 0.1) is 5.92 Å². The Morgan fingerprint density at radius 1 is 1.38 bits per heavy atom. The summed E-state index contributed by atoms with van der Waals surface area (Å²) in [6.07, 6.45) is 1.26. The summed E-state index contributed by atoms with van der Waals surface area (Å²) in [5, 5.41) is 3.52. The molecule has 134 valence electrons. The molecule has 1 aromatic carbocycles. The lowest BCUT2D eigenvalue weighted by Gasteiger charge is -2.25. The first-order chi connectivity index (χ1) is 11.6. The van der Waals surface area contributed by atoms with Crippen LogP contribution in [0.25, 0.3) is 0 Å². The molecule has 1 atom stereocenters. The Kier molecular flexibility index (Phi) is 7.92. The molecule has 2 rings (SSSR count). The van der Waals surface area contributed by atoms with Crippen molar-refractivity contribution in [2.24, 2.45) is 10.9 Å². The number of hydrogen-bond donors (Lipinski definition) is 1. The fourth-order valence-electron chi connectivity index (χ4n) is 2.83. The van der Waals surface area contributed by atoms with Crippen LogP contribution in [0.2, 0.25) is 0 Å². The molecule has 1 unspecified atom stereocenters. The number of rotatable bonds is 7. The van der Waals surface area contributed by atoms with E-state index in [1.807, 2.05) is 18.8 Å². The van der Waals surface area contributed by atoms with Crippen LogP contribution in [0.5, 0.6) is 0 Å². The second-order valence-electron chi connectivity index (χ2n) is 6.77. The molecule has 1 saturated heterocycles. The molecule has 1 aromatic rings. The first kappa shape index (κ1) is 19.1. The van der Waals surface area contributed by atoms with E-state index < -0.39 is 0 Å². The minimum Gasteiger partial charge on any atom is -0.355 e. The summed E-state index contributed by atoms with van der Waals surface area (Å²) in [5.74, 6) is 2.99. The third kappa shape index (κ3) is 6.02. The molecule has 0 amide bonds. The molecule has 1 heterocycles. The fraction of sp³-hybridized carbons (Fsp3) is 0.632. The van der Waals surface area contributed by atoms with Gasteiger partial charge in [-0.05, 0) is 45.4 Å². The van der Waals surface area contributed by atoms with Gasteiger partial charge in [0.2, 0.25) is 0 Å². The van der Waals surface area contributed by atoms with Crippen molar-refractivity contribution in [3.05, 3.63) is 30.3 Å². The second-order valence-corrected chi connectivity index (χ2v) is 7.87. The zero-order valence-corrected chi connectivity index (χ0v) is 16.4. The fourth-order valence-corrected chi connectivity index (χ4v) is 3.88. The summed E-state index contributed by atoms with van der Waals surface area (Å²) in [6, 6.07) is 11.3. The van der Waals surface area contributed by atoms with Gasteiger partial charge in [-0.1, -0.05) is 18.2 Å². The minimum absolute atomic E-state index is 0.583. The predicted octanol–water partition coefficient (Wildman–Crippen LogP) is 3.02. The number of nitrogens with zero attached hydrogens (tertiary/aromatic N) is 3. The lowest BCUT2D eigenvalue weighted by molar-refractivity contribution is 0.277. The SMILES string of the molecule is CN=C(NCCN(C)C(C)C)N1CCC(CSc2ccccc2)C1. The highest BCUT2D eigenvalue weighted by atomic mass is 32.2. The van der Waals surface area contributed by atoms with Gasteiger partial charge in [0.25, 0.3) is 0 Å². The zero-order chi connectivity index (χ0) is 17.4. The summed E-state index contributed by atoms with van der Waals surface area (Å²) >= 11 is 1.97. The van der Waals surface area contributed by atoms with Crippen molar-refractivity contribution < 1.29 is 0 Å². The standard InChI is InChI=1S/C19H32N4S/c1-16(2)22(4)13-11-21-19(20-3)23-12-10-17(14-23)15-24-18-8-6-5-7-9-18/h5-9,16-17H,10-15H2,1-4H3,(H,20,21). The average Bonchev–Trinajstić information content (AvgIpc) is 3.06. The van der Waals surface area contributed by atoms with Gasteiger partial charge in [0, 0.05) is 49.9 Å². The van der Waals surface area contributed by atoms with Gasteiger partial charge in [0.05, 0.1) is 0 Å². The van der Waals surface area contributed by atoms with Crippen molar-refractivity contribution in [2.75, 3.05) is 46.0 Å². The maximum atomic E-state index is 4.47. The van der Waals surface area contributed by atoms with Gasteiger partial charge in [-0.25, -0.2) is 0 Å². The van der Waals surface area contributed by atoms with Crippen molar-refractivity contribution in [1.29, 1.82) is 0 Å². The highest BCUT2D eigenvalue weighted by molar-refractivity contribution is 7.99. The van der Waals surface area contributed by atoms with Gasteiger partial charge in [0.15, 0.2) is 5.96 Å². The number of hydrogen-bond acceptors (Lipinski definition) is 3. The lowest BCUT2D eigenvalue weighted by atomic mass is 10.2. The third-order valence-electron chi connectivity index (χ3n) is 4.66.